The lowest BCUT2D eigenvalue weighted by Crippen LogP contribution is -2.05. The van der Waals surface area contributed by atoms with E-state index < -0.39 is 0 Å². The Morgan fingerprint density at radius 1 is 1.30 bits per heavy atom. The summed E-state index contributed by atoms with van der Waals surface area (Å²) < 4.78 is 10.8. The number of hydrogen-bond acceptors (Lipinski definition) is 4. The fourth-order valence-corrected chi connectivity index (χ4v) is 2.47. The molecule has 0 unspecified atom stereocenters. The summed E-state index contributed by atoms with van der Waals surface area (Å²) in [5.74, 6) is 2.64. The number of aromatic nitrogens is 1. The highest BCUT2D eigenvalue weighted by Gasteiger charge is 2.06. The van der Waals surface area contributed by atoms with Crippen LogP contribution in [0.2, 0.25) is 5.02 Å². The molecule has 0 radical (unpaired) electrons. The van der Waals surface area contributed by atoms with Crippen LogP contribution in [-0.4, -0.2) is 23.6 Å². The van der Waals surface area contributed by atoms with E-state index in [0.717, 1.165) is 40.2 Å². The lowest BCUT2D eigenvalue weighted by Gasteiger charge is -2.05. The van der Waals surface area contributed by atoms with E-state index >= 15 is 0 Å². The van der Waals surface area contributed by atoms with Crippen molar-refractivity contribution in [1.82, 2.24) is 5.16 Å². The smallest absolute Gasteiger partial charge is 0.147 e. The van der Waals surface area contributed by atoms with Crippen molar-refractivity contribution in [1.29, 1.82) is 0 Å². The highest BCUT2D eigenvalue weighted by Crippen LogP contribution is 2.23. The molecule has 0 spiro atoms. The maximum Gasteiger partial charge on any atom is 0.147 e. The molecule has 0 aliphatic heterocycles. The summed E-state index contributed by atoms with van der Waals surface area (Å²) in [6.07, 6.45) is 0.289. The Kier molecular flexibility index (Phi) is 5.95. The van der Waals surface area contributed by atoms with Crippen molar-refractivity contribution < 1.29 is 9.26 Å². The Hall–Kier alpha value is -0.970. The lowest BCUT2D eigenvalue weighted by molar-refractivity contribution is 0.0920. The van der Waals surface area contributed by atoms with Crippen LogP contribution in [0.4, 0.5) is 0 Å². The molecule has 3 nitrogen and oxygen atoms in total. The van der Waals surface area contributed by atoms with Crippen molar-refractivity contribution in [3.8, 4) is 11.3 Å². The number of ether oxygens (including phenoxy) is 1. The number of nitrogens with zero attached hydrogens (tertiary/aromatic N) is 1. The van der Waals surface area contributed by atoms with Crippen molar-refractivity contribution in [2.45, 2.75) is 25.7 Å². The fourth-order valence-electron chi connectivity index (χ4n) is 1.65. The van der Waals surface area contributed by atoms with Gasteiger partial charge in [-0.2, -0.15) is 11.8 Å². The van der Waals surface area contributed by atoms with Crippen LogP contribution in [0, 0.1) is 0 Å². The quantitative estimate of drug-likeness (QED) is 0.697. The Morgan fingerprint density at radius 3 is 2.75 bits per heavy atom. The largest absolute Gasteiger partial charge is 0.378 e. The summed E-state index contributed by atoms with van der Waals surface area (Å²) in [5, 5.41) is 4.80. The Bertz CT molecular complexity index is 525. The second-order valence-corrected chi connectivity index (χ2v) is 6.20. The van der Waals surface area contributed by atoms with Crippen molar-refractivity contribution in [2.24, 2.45) is 0 Å². The zero-order valence-electron chi connectivity index (χ0n) is 11.6. The first-order valence-electron chi connectivity index (χ1n) is 6.56. The number of rotatable bonds is 7. The standard InChI is InChI=1S/C15H18ClNO2S/c1-11(2)18-7-8-20-10-14-9-15(17-19-14)12-3-5-13(16)6-4-12/h3-6,9,11H,7-8,10H2,1-2H3. The Balaban J connectivity index is 1.82. The normalized spacial score (nSPS) is 11.2. The van der Waals surface area contributed by atoms with E-state index in [1.165, 1.54) is 0 Å². The minimum absolute atomic E-state index is 0.289. The molecule has 1 heterocycles. The first kappa shape index (κ1) is 15.4. The predicted octanol–water partition coefficient (Wildman–Crippen LogP) is 4.65. The van der Waals surface area contributed by atoms with Gasteiger partial charge in [-0.25, -0.2) is 0 Å². The maximum absolute atomic E-state index is 5.87. The topological polar surface area (TPSA) is 35.3 Å². The summed E-state index contributed by atoms with van der Waals surface area (Å²) in [7, 11) is 0. The molecule has 1 aromatic heterocycles. The molecule has 0 bridgehead atoms. The van der Waals surface area contributed by atoms with Gasteiger partial charge < -0.3 is 9.26 Å². The Labute approximate surface area is 128 Å². The molecule has 0 saturated heterocycles. The zero-order valence-corrected chi connectivity index (χ0v) is 13.2. The molecule has 0 atom stereocenters. The molecule has 2 aromatic rings. The molecule has 0 aliphatic carbocycles. The van der Waals surface area contributed by atoms with Gasteiger partial charge >= 0.3 is 0 Å². The summed E-state index contributed by atoms with van der Waals surface area (Å²) in [6.45, 7) is 4.85. The molecule has 2 rings (SSSR count). The molecule has 0 aliphatic rings. The average molecular weight is 312 g/mol. The van der Waals surface area contributed by atoms with Gasteiger partial charge in [-0.05, 0) is 26.0 Å². The lowest BCUT2D eigenvalue weighted by atomic mass is 10.1. The van der Waals surface area contributed by atoms with Gasteiger partial charge in [0.05, 0.1) is 18.5 Å². The van der Waals surface area contributed by atoms with Crippen molar-refractivity contribution >= 4 is 23.4 Å². The van der Waals surface area contributed by atoms with E-state index in [1.807, 2.05) is 44.2 Å². The number of halogens is 1. The van der Waals surface area contributed by atoms with Crippen LogP contribution in [0.25, 0.3) is 11.3 Å². The predicted molar refractivity (Wildman–Crippen MR) is 84.2 cm³/mol. The van der Waals surface area contributed by atoms with Gasteiger partial charge in [0.25, 0.3) is 0 Å². The number of hydrogen-bond donors (Lipinski definition) is 0. The zero-order chi connectivity index (χ0) is 14.4. The van der Waals surface area contributed by atoms with Crippen LogP contribution in [0.5, 0.6) is 0 Å². The van der Waals surface area contributed by atoms with E-state index in [2.05, 4.69) is 5.16 Å². The van der Waals surface area contributed by atoms with Gasteiger partial charge in [0.1, 0.15) is 11.5 Å². The van der Waals surface area contributed by atoms with Gasteiger partial charge in [0.15, 0.2) is 0 Å². The third-order valence-corrected chi connectivity index (χ3v) is 3.82. The molecule has 0 fully saturated rings. The van der Waals surface area contributed by atoms with Crippen LogP contribution in [0.1, 0.15) is 19.6 Å². The number of benzene rings is 1. The molecule has 0 N–H and O–H groups in total. The van der Waals surface area contributed by atoms with E-state index in [-0.39, 0.29) is 6.10 Å². The second-order valence-electron chi connectivity index (χ2n) is 4.66. The second kappa shape index (κ2) is 7.72. The van der Waals surface area contributed by atoms with Crippen LogP contribution < -0.4 is 0 Å². The first-order valence-corrected chi connectivity index (χ1v) is 8.09. The molecule has 5 heteroatoms. The summed E-state index contributed by atoms with van der Waals surface area (Å²) >= 11 is 7.65. The van der Waals surface area contributed by atoms with E-state index in [4.69, 9.17) is 20.9 Å². The SMILES string of the molecule is CC(C)OCCSCc1cc(-c2ccc(Cl)cc2)no1. The average Bonchev–Trinajstić information content (AvgIpc) is 2.87. The first-order chi connectivity index (χ1) is 9.65. The maximum atomic E-state index is 5.87. The molecule has 0 amide bonds. The molecule has 1 aromatic carbocycles. The minimum atomic E-state index is 0.289. The third kappa shape index (κ3) is 4.85. The molecule has 0 saturated carbocycles. The van der Waals surface area contributed by atoms with E-state index in [9.17, 15) is 0 Å². The number of thioether (sulfide) groups is 1. The van der Waals surface area contributed by atoms with Gasteiger partial charge in [0, 0.05) is 22.4 Å². The fraction of sp³-hybridized carbons (Fsp3) is 0.400. The molecule has 20 heavy (non-hydrogen) atoms. The van der Waals surface area contributed by atoms with Crippen molar-refractivity contribution in [3.63, 3.8) is 0 Å². The van der Waals surface area contributed by atoms with Gasteiger partial charge in [-0.1, -0.05) is 28.9 Å². The van der Waals surface area contributed by atoms with Crippen molar-refractivity contribution in [3.05, 3.63) is 41.1 Å². The minimum Gasteiger partial charge on any atom is -0.378 e. The van der Waals surface area contributed by atoms with Crippen LogP contribution in [0.15, 0.2) is 34.9 Å². The van der Waals surface area contributed by atoms with Crippen LogP contribution in [-0.2, 0) is 10.5 Å². The van der Waals surface area contributed by atoms with E-state index in [1.54, 1.807) is 11.8 Å². The third-order valence-electron chi connectivity index (χ3n) is 2.62. The van der Waals surface area contributed by atoms with Gasteiger partial charge in [0.2, 0.25) is 0 Å². The summed E-state index contributed by atoms with van der Waals surface area (Å²) in [5.41, 5.74) is 1.85. The van der Waals surface area contributed by atoms with E-state index in [0.29, 0.717) is 0 Å². The molecular weight excluding hydrogens is 294 g/mol. The van der Waals surface area contributed by atoms with Crippen LogP contribution in [0.3, 0.4) is 0 Å². The Morgan fingerprint density at radius 2 is 2.05 bits per heavy atom. The molecule has 108 valence electrons. The van der Waals surface area contributed by atoms with Crippen molar-refractivity contribution in [2.75, 3.05) is 12.4 Å². The van der Waals surface area contributed by atoms with Gasteiger partial charge in [-0.15, -0.1) is 0 Å². The highest BCUT2D eigenvalue weighted by molar-refractivity contribution is 7.98. The summed E-state index contributed by atoms with van der Waals surface area (Å²) in [6, 6.07) is 9.55. The monoisotopic (exact) mass is 311 g/mol. The highest BCUT2D eigenvalue weighted by atomic mass is 35.5. The van der Waals surface area contributed by atoms with Gasteiger partial charge in [-0.3, -0.25) is 0 Å². The molecular formula is C15H18ClNO2S. The van der Waals surface area contributed by atoms with Crippen LogP contribution >= 0.6 is 23.4 Å². The summed E-state index contributed by atoms with van der Waals surface area (Å²) in [4.78, 5) is 0.